The van der Waals surface area contributed by atoms with Crippen LogP contribution in [0, 0.1) is 0 Å². The lowest BCUT2D eigenvalue weighted by Crippen LogP contribution is -2.26. The number of imidazole rings is 1. The van der Waals surface area contributed by atoms with Crippen molar-refractivity contribution in [3.05, 3.63) is 52.4 Å². The smallest absolute Gasteiger partial charge is 0.323 e. The Kier molecular flexibility index (Phi) is 5.01. The third kappa shape index (κ3) is 3.73. The number of aromatic amines is 2. The lowest BCUT2D eigenvalue weighted by Gasteiger charge is -2.11. The Morgan fingerprint density at radius 2 is 1.77 bits per heavy atom. The molecule has 1 heterocycles. The molecule has 2 aromatic carbocycles. The lowest BCUT2D eigenvalue weighted by molar-refractivity contribution is 0.391. The molecule has 8 nitrogen and oxygen atoms in total. The molecule has 0 atom stereocenters. The third-order valence-corrected chi connectivity index (χ3v) is 5.44. The summed E-state index contributed by atoms with van der Waals surface area (Å²) in [6.07, 6.45) is 0.454. The van der Waals surface area contributed by atoms with Gasteiger partial charge in [-0.1, -0.05) is 6.07 Å². The van der Waals surface area contributed by atoms with E-state index in [1.165, 1.54) is 12.1 Å². The zero-order valence-electron chi connectivity index (χ0n) is 14.3. The first-order chi connectivity index (χ1) is 12.4. The number of aromatic nitrogens is 2. The molecule has 26 heavy (non-hydrogen) atoms. The van der Waals surface area contributed by atoms with Crippen molar-refractivity contribution in [2.45, 2.75) is 11.3 Å². The fourth-order valence-corrected chi connectivity index (χ4v) is 3.70. The number of benzene rings is 2. The average Bonchev–Trinajstić information content (AvgIpc) is 3.00. The highest BCUT2D eigenvalue weighted by Gasteiger charge is 2.15. The van der Waals surface area contributed by atoms with Gasteiger partial charge in [0.2, 0.25) is 10.0 Å². The number of ether oxygens (including phenoxy) is 2. The highest BCUT2D eigenvalue weighted by atomic mass is 32.2. The summed E-state index contributed by atoms with van der Waals surface area (Å²) in [5.41, 5.74) is 1.47. The molecule has 0 amide bonds. The van der Waals surface area contributed by atoms with Crippen LogP contribution in [-0.4, -0.2) is 39.2 Å². The van der Waals surface area contributed by atoms with Crippen molar-refractivity contribution in [1.29, 1.82) is 0 Å². The second kappa shape index (κ2) is 7.22. The second-order valence-corrected chi connectivity index (χ2v) is 7.38. The Balaban J connectivity index is 1.72. The summed E-state index contributed by atoms with van der Waals surface area (Å²) in [6, 6.07) is 9.80. The first-order valence-corrected chi connectivity index (χ1v) is 9.34. The molecule has 0 fully saturated rings. The van der Waals surface area contributed by atoms with Gasteiger partial charge in [-0.05, 0) is 36.2 Å². The van der Waals surface area contributed by atoms with Crippen LogP contribution in [0.2, 0.25) is 0 Å². The molecule has 0 spiro atoms. The summed E-state index contributed by atoms with van der Waals surface area (Å²) in [5.74, 6) is 1.30. The van der Waals surface area contributed by atoms with Crippen LogP contribution < -0.4 is 19.9 Å². The molecule has 3 rings (SSSR count). The molecule has 9 heteroatoms. The SMILES string of the molecule is COc1ccc(CCNS(=O)(=O)c2ccc3[nH]c(=O)[nH]c3c2)c(OC)c1. The summed E-state index contributed by atoms with van der Waals surface area (Å²) in [5, 5.41) is 0. The number of methoxy groups -OCH3 is 2. The van der Waals surface area contributed by atoms with Gasteiger partial charge in [-0.2, -0.15) is 0 Å². The lowest BCUT2D eigenvalue weighted by atomic mass is 10.1. The Morgan fingerprint density at radius 1 is 1.00 bits per heavy atom. The van der Waals surface area contributed by atoms with Crippen molar-refractivity contribution in [2.75, 3.05) is 20.8 Å². The summed E-state index contributed by atoms with van der Waals surface area (Å²) in [4.78, 5) is 16.5. The topological polar surface area (TPSA) is 113 Å². The molecule has 1 aromatic heterocycles. The number of rotatable bonds is 7. The Hall–Kier alpha value is -2.78. The van der Waals surface area contributed by atoms with Gasteiger partial charge in [0.15, 0.2) is 0 Å². The standard InChI is InChI=1S/C17H19N3O5S/c1-24-12-4-3-11(16(9-12)25-2)7-8-18-26(22,23)13-5-6-14-15(10-13)20-17(21)19-14/h3-6,9-10,18H,7-8H2,1-2H3,(H2,19,20,21). The highest BCUT2D eigenvalue weighted by molar-refractivity contribution is 7.89. The Morgan fingerprint density at radius 3 is 2.50 bits per heavy atom. The number of fused-ring (bicyclic) bond motifs is 1. The van der Waals surface area contributed by atoms with Crippen molar-refractivity contribution >= 4 is 21.1 Å². The van der Waals surface area contributed by atoms with Gasteiger partial charge in [-0.25, -0.2) is 17.9 Å². The summed E-state index contributed by atoms with van der Waals surface area (Å²) < 4.78 is 37.9. The number of H-pyrrole nitrogens is 2. The van der Waals surface area contributed by atoms with Crippen LogP contribution in [0.25, 0.3) is 11.0 Å². The van der Waals surface area contributed by atoms with Gasteiger partial charge in [0.25, 0.3) is 0 Å². The van der Waals surface area contributed by atoms with Crippen molar-refractivity contribution < 1.29 is 17.9 Å². The molecule has 0 unspecified atom stereocenters. The van der Waals surface area contributed by atoms with E-state index in [1.54, 1.807) is 32.4 Å². The normalized spacial score (nSPS) is 11.6. The fraction of sp³-hybridized carbons (Fsp3) is 0.235. The van der Waals surface area contributed by atoms with Crippen molar-refractivity contribution in [1.82, 2.24) is 14.7 Å². The van der Waals surface area contributed by atoms with E-state index in [0.29, 0.717) is 29.0 Å². The maximum Gasteiger partial charge on any atom is 0.323 e. The van der Waals surface area contributed by atoms with Crippen LogP contribution >= 0.6 is 0 Å². The molecule has 0 saturated heterocycles. The van der Waals surface area contributed by atoms with Crippen LogP contribution in [-0.2, 0) is 16.4 Å². The minimum absolute atomic E-state index is 0.0851. The van der Waals surface area contributed by atoms with Gasteiger partial charge < -0.3 is 19.4 Å². The van der Waals surface area contributed by atoms with Crippen molar-refractivity contribution in [3.63, 3.8) is 0 Å². The van der Waals surface area contributed by atoms with E-state index in [0.717, 1.165) is 5.56 Å². The van der Waals surface area contributed by atoms with Crippen molar-refractivity contribution in [3.8, 4) is 11.5 Å². The van der Waals surface area contributed by atoms with Crippen LogP contribution in [0.1, 0.15) is 5.56 Å². The predicted octanol–water partition coefficient (Wildman–Crippen LogP) is 1.39. The Bertz CT molecular complexity index is 1090. The molecule has 138 valence electrons. The van der Waals surface area contributed by atoms with Crippen LogP contribution in [0.15, 0.2) is 46.1 Å². The Labute approximate surface area is 150 Å². The molecular formula is C17H19N3O5S. The van der Waals surface area contributed by atoms with Gasteiger partial charge >= 0.3 is 5.69 Å². The number of hydrogen-bond donors (Lipinski definition) is 3. The van der Waals surface area contributed by atoms with E-state index in [1.807, 2.05) is 6.07 Å². The maximum absolute atomic E-state index is 12.5. The van der Waals surface area contributed by atoms with E-state index in [2.05, 4.69) is 14.7 Å². The molecule has 0 aliphatic heterocycles. The summed E-state index contributed by atoms with van der Waals surface area (Å²) in [7, 11) is -0.579. The van der Waals surface area contributed by atoms with Gasteiger partial charge in [0.1, 0.15) is 11.5 Å². The van der Waals surface area contributed by atoms with Gasteiger partial charge in [-0.3, -0.25) is 0 Å². The number of hydrogen-bond acceptors (Lipinski definition) is 5. The predicted molar refractivity (Wildman–Crippen MR) is 97.4 cm³/mol. The minimum atomic E-state index is -3.70. The van der Waals surface area contributed by atoms with E-state index < -0.39 is 10.0 Å². The van der Waals surface area contributed by atoms with Crippen LogP contribution in [0.3, 0.4) is 0 Å². The van der Waals surface area contributed by atoms with Crippen LogP contribution in [0.4, 0.5) is 0 Å². The van der Waals surface area contributed by atoms with E-state index in [4.69, 9.17) is 9.47 Å². The maximum atomic E-state index is 12.5. The van der Waals surface area contributed by atoms with E-state index in [9.17, 15) is 13.2 Å². The van der Waals surface area contributed by atoms with Crippen LogP contribution in [0.5, 0.6) is 11.5 Å². The van der Waals surface area contributed by atoms with E-state index >= 15 is 0 Å². The molecule has 0 aliphatic rings. The van der Waals surface area contributed by atoms with Gasteiger partial charge in [0, 0.05) is 12.6 Å². The fourth-order valence-electron chi connectivity index (χ4n) is 2.64. The largest absolute Gasteiger partial charge is 0.497 e. The molecule has 0 saturated carbocycles. The first-order valence-electron chi connectivity index (χ1n) is 7.85. The highest BCUT2D eigenvalue weighted by Crippen LogP contribution is 2.25. The summed E-state index contributed by atoms with van der Waals surface area (Å²) >= 11 is 0. The number of nitrogens with one attached hydrogen (secondary N) is 3. The molecule has 0 aliphatic carbocycles. The van der Waals surface area contributed by atoms with Gasteiger partial charge in [0.05, 0.1) is 30.1 Å². The van der Waals surface area contributed by atoms with Gasteiger partial charge in [-0.15, -0.1) is 0 Å². The molecular weight excluding hydrogens is 358 g/mol. The molecule has 3 N–H and O–H groups in total. The quantitative estimate of drug-likeness (QED) is 0.576. The molecule has 3 aromatic rings. The van der Waals surface area contributed by atoms with Crippen molar-refractivity contribution in [2.24, 2.45) is 0 Å². The first kappa shape index (κ1) is 18.0. The minimum Gasteiger partial charge on any atom is -0.497 e. The molecule has 0 radical (unpaired) electrons. The summed E-state index contributed by atoms with van der Waals surface area (Å²) in [6.45, 7) is 0.201. The third-order valence-electron chi connectivity index (χ3n) is 3.98. The van der Waals surface area contributed by atoms with E-state index in [-0.39, 0.29) is 17.1 Å². The average molecular weight is 377 g/mol. The second-order valence-electron chi connectivity index (χ2n) is 5.61. The molecule has 0 bridgehead atoms. The zero-order valence-corrected chi connectivity index (χ0v) is 15.1. The number of sulfonamides is 1. The zero-order chi connectivity index (χ0) is 18.7. The monoisotopic (exact) mass is 377 g/mol.